The maximum Gasteiger partial charge on any atom is 0.249 e. The lowest BCUT2D eigenvalue weighted by Crippen LogP contribution is -2.43. The Morgan fingerprint density at radius 1 is 1.44 bits per heavy atom. The Hall–Kier alpha value is -1.43. The fourth-order valence-corrected chi connectivity index (χ4v) is 2.21. The number of hydrogen-bond donors (Lipinski definition) is 1. The lowest BCUT2D eigenvalue weighted by molar-refractivity contribution is -0.125. The number of rotatable bonds is 1. The largest absolute Gasteiger partial charge is 0.345 e. The maximum absolute atomic E-state index is 13.8. The molecule has 0 aromatic heterocycles. The van der Waals surface area contributed by atoms with Gasteiger partial charge < -0.3 is 10.2 Å². The van der Waals surface area contributed by atoms with Gasteiger partial charge in [-0.2, -0.15) is 0 Å². The highest BCUT2D eigenvalue weighted by molar-refractivity contribution is 9.10. The minimum atomic E-state index is -0.636. The molecule has 1 saturated heterocycles. The molecule has 2 rings (SSSR count). The number of nitrogens with one attached hydrogen (secondary N) is 1. The minimum absolute atomic E-state index is 0.172. The molecule has 1 N–H and O–H groups in total. The van der Waals surface area contributed by atoms with Crippen LogP contribution in [0.4, 0.5) is 10.1 Å². The molecule has 4 nitrogen and oxygen atoms in total. The zero-order chi connectivity index (χ0) is 13.3. The number of amides is 2. The summed E-state index contributed by atoms with van der Waals surface area (Å²) >= 11 is 3.16. The fraction of sp³-hybridized carbons (Fsp3) is 0.333. The van der Waals surface area contributed by atoms with E-state index in [0.29, 0.717) is 4.47 Å². The molecular weight excluding hydrogens is 303 g/mol. The highest BCUT2D eigenvalue weighted by Gasteiger charge is 2.28. The molecule has 2 amide bonds. The Morgan fingerprint density at radius 3 is 2.83 bits per heavy atom. The zero-order valence-corrected chi connectivity index (χ0v) is 11.3. The molecule has 1 aliphatic rings. The van der Waals surface area contributed by atoms with E-state index < -0.39 is 11.9 Å². The van der Waals surface area contributed by atoms with E-state index in [9.17, 15) is 14.0 Å². The second kappa shape index (κ2) is 5.06. The van der Waals surface area contributed by atoms with Crippen molar-refractivity contribution >= 4 is 33.4 Å². The first-order valence-corrected chi connectivity index (χ1v) is 6.34. The van der Waals surface area contributed by atoms with Gasteiger partial charge in [-0.25, -0.2) is 4.39 Å². The number of carbonyl (C=O) groups excluding carboxylic acids is 2. The van der Waals surface area contributed by atoms with Crippen molar-refractivity contribution in [2.24, 2.45) is 0 Å². The van der Waals surface area contributed by atoms with Crippen molar-refractivity contribution in [3.63, 3.8) is 0 Å². The van der Waals surface area contributed by atoms with Crippen LogP contribution < -0.4 is 10.2 Å². The van der Waals surface area contributed by atoms with E-state index in [-0.39, 0.29) is 30.5 Å². The average molecular weight is 315 g/mol. The molecule has 1 unspecified atom stereocenters. The third kappa shape index (κ3) is 2.53. The Bertz CT molecular complexity index is 507. The summed E-state index contributed by atoms with van der Waals surface area (Å²) in [4.78, 5) is 24.7. The number of carbonyl (C=O) groups is 2. The summed E-state index contributed by atoms with van der Waals surface area (Å²) < 4.78 is 14.4. The van der Waals surface area contributed by atoms with Crippen LogP contribution in [-0.2, 0) is 9.59 Å². The van der Waals surface area contributed by atoms with Gasteiger partial charge in [-0.3, -0.25) is 9.59 Å². The molecule has 0 radical (unpaired) electrons. The first-order chi connectivity index (χ1) is 8.49. The predicted octanol–water partition coefficient (Wildman–Crippen LogP) is 1.83. The molecule has 0 bridgehead atoms. The lowest BCUT2D eigenvalue weighted by atomic mass is 10.2. The van der Waals surface area contributed by atoms with Crippen molar-refractivity contribution in [2.45, 2.75) is 19.4 Å². The number of nitrogens with zero attached hydrogens (tertiary/aromatic N) is 1. The number of benzene rings is 1. The highest BCUT2D eigenvalue weighted by atomic mass is 79.9. The Kier molecular flexibility index (Phi) is 3.65. The molecule has 6 heteroatoms. The van der Waals surface area contributed by atoms with Crippen LogP contribution >= 0.6 is 15.9 Å². The third-order valence-corrected chi connectivity index (χ3v) is 3.27. The zero-order valence-electron chi connectivity index (χ0n) is 9.74. The quantitative estimate of drug-likeness (QED) is 0.859. The Labute approximate surface area is 112 Å². The summed E-state index contributed by atoms with van der Waals surface area (Å²) in [5.41, 5.74) is 0.201. The van der Waals surface area contributed by atoms with Crippen LogP contribution in [-0.4, -0.2) is 24.4 Å². The van der Waals surface area contributed by atoms with Gasteiger partial charge in [0, 0.05) is 17.4 Å². The van der Waals surface area contributed by atoms with Gasteiger partial charge in [0.15, 0.2) is 0 Å². The number of halogens is 2. The van der Waals surface area contributed by atoms with Crippen molar-refractivity contribution in [3.8, 4) is 0 Å². The average Bonchev–Trinajstić information content (AvgIpc) is 2.41. The number of anilines is 1. The van der Waals surface area contributed by atoms with Gasteiger partial charge in [0.25, 0.3) is 0 Å². The van der Waals surface area contributed by atoms with Crippen molar-refractivity contribution in [3.05, 3.63) is 28.5 Å². The van der Waals surface area contributed by atoms with Gasteiger partial charge in [-0.05, 0) is 25.1 Å². The van der Waals surface area contributed by atoms with Crippen molar-refractivity contribution in [1.82, 2.24) is 5.32 Å². The molecular formula is C12H12BrFN2O2. The minimum Gasteiger partial charge on any atom is -0.345 e. The van der Waals surface area contributed by atoms with Gasteiger partial charge in [0.1, 0.15) is 11.9 Å². The van der Waals surface area contributed by atoms with E-state index in [2.05, 4.69) is 21.2 Å². The van der Waals surface area contributed by atoms with Gasteiger partial charge >= 0.3 is 0 Å². The monoisotopic (exact) mass is 314 g/mol. The van der Waals surface area contributed by atoms with E-state index in [1.165, 1.54) is 17.0 Å². The molecule has 1 fully saturated rings. The van der Waals surface area contributed by atoms with Crippen LogP contribution in [0.3, 0.4) is 0 Å². The van der Waals surface area contributed by atoms with Crippen LogP contribution in [0, 0.1) is 5.82 Å². The van der Waals surface area contributed by atoms with E-state index >= 15 is 0 Å². The Balaban J connectivity index is 2.36. The van der Waals surface area contributed by atoms with Crippen molar-refractivity contribution < 1.29 is 14.0 Å². The van der Waals surface area contributed by atoms with E-state index in [1.807, 2.05) is 0 Å². The standard InChI is InChI=1S/C12H12BrFN2O2/c1-7-12(18)16(5-4-11(17)15-7)10-3-2-8(13)6-9(10)14/h2-3,6-7H,4-5H2,1H3,(H,15,17). The molecule has 1 aliphatic heterocycles. The molecule has 0 aliphatic carbocycles. The summed E-state index contributed by atoms with van der Waals surface area (Å²) in [5.74, 6) is -0.989. The third-order valence-electron chi connectivity index (χ3n) is 2.78. The van der Waals surface area contributed by atoms with Crippen LogP contribution in [0.25, 0.3) is 0 Å². The first kappa shape index (κ1) is 13.0. The summed E-state index contributed by atoms with van der Waals surface area (Å²) in [6.45, 7) is 1.78. The molecule has 0 saturated carbocycles. The highest BCUT2D eigenvalue weighted by Crippen LogP contribution is 2.24. The summed E-state index contributed by atoms with van der Waals surface area (Å²) in [6, 6.07) is 3.85. The van der Waals surface area contributed by atoms with E-state index in [1.54, 1.807) is 13.0 Å². The topological polar surface area (TPSA) is 49.4 Å². The molecule has 96 valence electrons. The summed E-state index contributed by atoms with van der Waals surface area (Å²) in [7, 11) is 0. The lowest BCUT2D eigenvalue weighted by Gasteiger charge is -2.22. The molecule has 18 heavy (non-hydrogen) atoms. The first-order valence-electron chi connectivity index (χ1n) is 5.55. The maximum atomic E-state index is 13.8. The normalized spacial score (nSPS) is 20.6. The second-order valence-electron chi connectivity index (χ2n) is 4.12. The van der Waals surface area contributed by atoms with E-state index in [4.69, 9.17) is 0 Å². The van der Waals surface area contributed by atoms with Crippen molar-refractivity contribution in [2.75, 3.05) is 11.4 Å². The van der Waals surface area contributed by atoms with Crippen LogP contribution in [0.1, 0.15) is 13.3 Å². The van der Waals surface area contributed by atoms with E-state index in [0.717, 1.165) is 0 Å². The van der Waals surface area contributed by atoms with Crippen LogP contribution in [0.2, 0.25) is 0 Å². The predicted molar refractivity (Wildman–Crippen MR) is 68.7 cm³/mol. The smallest absolute Gasteiger partial charge is 0.249 e. The second-order valence-corrected chi connectivity index (χ2v) is 5.04. The Morgan fingerprint density at radius 2 is 2.17 bits per heavy atom. The van der Waals surface area contributed by atoms with Gasteiger partial charge in [0.2, 0.25) is 11.8 Å². The van der Waals surface area contributed by atoms with Gasteiger partial charge in [-0.15, -0.1) is 0 Å². The SMILES string of the molecule is CC1NC(=O)CCN(c2ccc(Br)cc2F)C1=O. The van der Waals surface area contributed by atoms with Crippen LogP contribution in [0.5, 0.6) is 0 Å². The fourth-order valence-electron chi connectivity index (χ4n) is 1.87. The van der Waals surface area contributed by atoms with Crippen molar-refractivity contribution in [1.29, 1.82) is 0 Å². The van der Waals surface area contributed by atoms with Crippen LogP contribution in [0.15, 0.2) is 22.7 Å². The molecule has 1 atom stereocenters. The summed E-state index contributed by atoms with van der Waals surface area (Å²) in [5, 5.41) is 2.56. The van der Waals surface area contributed by atoms with Gasteiger partial charge in [-0.1, -0.05) is 15.9 Å². The molecule has 0 spiro atoms. The molecule has 1 aromatic carbocycles. The number of hydrogen-bond acceptors (Lipinski definition) is 2. The molecule has 1 heterocycles. The van der Waals surface area contributed by atoms with Gasteiger partial charge in [0.05, 0.1) is 5.69 Å². The molecule has 1 aromatic rings. The summed E-state index contributed by atoms with van der Waals surface area (Å²) in [6.07, 6.45) is 0.172.